The van der Waals surface area contributed by atoms with Gasteiger partial charge >= 0.3 is 0 Å². The number of hydrogen-bond acceptors (Lipinski definition) is 5. The highest BCUT2D eigenvalue weighted by molar-refractivity contribution is 7.99. The first kappa shape index (κ1) is 18.0. The summed E-state index contributed by atoms with van der Waals surface area (Å²) in [5.74, 6) is 1.36. The summed E-state index contributed by atoms with van der Waals surface area (Å²) in [6.07, 6.45) is 4.44. The van der Waals surface area contributed by atoms with Crippen LogP contribution in [-0.2, 0) is 22.6 Å². The molecule has 142 valence electrons. The Morgan fingerprint density at radius 2 is 2.04 bits per heavy atom. The van der Waals surface area contributed by atoms with Gasteiger partial charge in [-0.3, -0.25) is 9.59 Å². The van der Waals surface area contributed by atoms with Crippen molar-refractivity contribution in [1.82, 2.24) is 14.8 Å². The second-order valence-electron chi connectivity index (χ2n) is 7.05. The third-order valence-electron chi connectivity index (χ3n) is 5.01. The maximum Gasteiger partial charge on any atom is 0.237 e. The average molecular weight is 385 g/mol. The molecule has 0 spiro atoms. The molecule has 1 fully saturated rings. The van der Waals surface area contributed by atoms with Crippen molar-refractivity contribution in [2.24, 2.45) is 5.73 Å². The van der Waals surface area contributed by atoms with E-state index in [0.717, 1.165) is 43.7 Å². The number of nitrogens with two attached hydrogens (primary N) is 1. The van der Waals surface area contributed by atoms with Crippen LogP contribution in [0.2, 0.25) is 0 Å². The molecule has 0 unspecified atom stereocenters. The van der Waals surface area contributed by atoms with Crippen LogP contribution in [0.5, 0.6) is 0 Å². The molecule has 2 N–H and O–H groups in total. The van der Waals surface area contributed by atoms with Gasteiger partial charge in [0.1, 0.15) is 5.82 Å². The van der Waals surface area contributed by atoms with Crippen LogP contribution in [0.3, 0.4) is 0 Å². The molecule has 2 heterocycles. The summed E-state index contributed by atoms with van der Waals surface area (Å²) in [6, 6.07) is 8.09. The number of hydrogen-bond donors (Lipinski definition) is 1. The molecule has 0 atom stereocenters. The Hall–Kier alpha value is -2.35. The lowest BCUT2D eigenvalue weighted by Gasteiger charge is -2.29. The second-order valence-corrected chi connectivity index (χ2v) is 7.99. The summed E-state index contributed by atoms with van der Waals surface area (Å²) in [4.78, 5) is 25.9. The molecule has 0 saturated heterocycles. The number of carbonyl (C=O) groups is 2. The number of fused-ring (bicyclic) bond motifs is 1. The Morgan fingerprint density at radius 1 is 1.22 bits per heavy atom. The Balaban J connectivity index is 1.46. The third-order valence-corrected chi connectivity index (χ3v) is 5.96. The zero-order valence-electron chi connectivity index (χ0n) is 15.1. The number of primary amides is 1. The zero-order valence-corrected chi connectivity index (χ0v) is 16.0. The standard InChI is InChI=1S/C19H23N5O2S/c20-16(25)9-11-24-18(14-7-8-14)21-22-19(24)27-12-17(26)23-10-3-5-13-4-1-2-6-15(13)23/h1-2,4,6,14H,3,5,7-12H2,(H2,20,25). The molecule has 8 heteroatoms. The van der Waals surface area contributed by atoms with E-state index in [1.807, 2.05) is 27.7 Å². The molecular formula is C19H23N5O2S. The maximum atomic E-state index is 12.8. The predicted molar refractivity (Wildman–Crippen MR) is 104 cm³/mol. The van der Waals surface area contributed by atoms with Crippen LogP contribution in [0.4, 0.5) is 5.69 Å². The second kappa shape index (κ2) is 7.72. The van der Waals surface area contributed by atoms with Crippen molar-refractivity contribution < 1.29 is 9.59 Å². The largest absolute Gasteiger partial charge is 0.370 e. The lowest BCUT2D eigenvalue weighted by molar-refractivity contribution is -0.118. The molecule has 1 aliphatic heterocycles. The van der Waals surface area contributed by atoms with Gasteiger partial charge in [0.05, 0.1) is 5.75 Å². The van der Waals surface area contributed by atoms with Crippen LogP contribution in [-0.4, -0.2) is 38.9 Å². The van der Waals surface area contributed by atoms with E-state index in [9.17, 15) is 9.59 Å². The summed E-state index contributed by atoms with van der Waals surface area (Å²) in [7, 11) is 0. The van der Waals surface area contributed by atoms with E-state index in [4.69, 9.17) is 5.73 Å². The molecule has 1 saturated carbocycles. The fourth-order valence-electron chi connectivity index (χ4n) is 3.48. The fraction of sp³-hybridized carbons (Fsp3) is 0.474. The van der Waals surface area contributed by atoms with Crippen LogP contribution in [0.15, 0.2) is 29.4 Å². The first-order chi connectivity index (χ1) is 13.1. The van der Waals surface area contributed by atoms with Gasteiger partial charge in [-0.1, -0.05) is 30.0 Å². The van der Waals surface area contributed by atoms with Gasteiger partial charge in [-0.25, -0.2) is 0 Å². The number of aromatic nitrogens is 3. The molecule has 7 nitrogen and oxygen atoms in total. The Bertz CT molecular complexity index is 862. The van der Waals surface area contributed by atoms with Crippen molar-refractivity contribution in [3.8, 4) is 0 Å². The van der Waals surface area contributed by atoms with E-state index in [0.29, 0.717) is 23.4 Å². The van der Waals surface area contributed by atoms with Crippen molar-refractivity contribution in [2.45, 2.75) is 49.7 Å². The Morgan fingerprint density at radius 3 is 2.81 bits per heavy atom. The highest BCUT2D eigenvalue weighted by Crippen LogP contribution is 2.40. The van der Waals surface area contributed by atoms with E-state index in [1.54, 1.807) is 0 Å². The van der Waals surface area contributed by atoms with Gasteiger partial charge in [-0.15, -0.1) is 10.2 Å². The van der Waals surface area contributed by atoms with Crippen molar-refractivity contribution >= 4 is 29.3 Å². The van der Waals surface area contributed by atoms with E-state index >= 15 is 0 Å². The highest BCUT2D eigenvalue weighted by atomic mass is 32.2. The number of aryl methyl sites for hydroxylation is 1. The number of para-hydroxylation sites is 1. The molecule has 1 aliphatic carbocycles. The molecule has 1 aromatic heterocycles. The van der Waals surface area contributed by atoms with Gasteiger partial charge < -0.3 is 15.2 Å². The number of nitrogens with zero attached hydrogens (tertiary/aromatic N) is 4. The number of carbonyl (C=O) groups excluding carboxylic acids is 2. The molecule has 2 aromatic rings. The van der Waals surface area contributed by atoms with E-state index in [1.165, 1.54) is 17.3 Å². The maximum absolute atomic E-state index is 12.8. The van der Waals surface area contributed by atoms with Crippen LogP contribution >= 0.6 is 11.8 Å². The quantitative estimate of drug-likeness (QED) is 0.737. The van der Waals surface area contributed by atoms with Gasteiger partial charge in [-0.2, -0.15) is 0 Å². The summed E-state index contributed by atoms with van der Waals surface area (Å²) in [5.41, 5.74) is 7.55. The summed E-state index contributed by atoms with van der Waals surface area (Å²) < 4.78 is 1.96. The molecule has 2 aliphatic rings. The van der Waals surface area contributed by atoms with Gasteiger partial charge in [0.25, 0.3) is 0 Å². The number of anilines is 1. The molecule has 4 rings (SSSR count). The van der Waals surface area contributed by atoms with E-state index in [2.05, 4.69) is 16.3 Å². The molecule has 1 aromatic carbocycles. The van der Waals surface area contributed by atoms with Crippen molar-refractivity contribution in [1.29, 1.82) is 0 Å². The van der Waals surface area contributed by atoms with Gasteiger partial charge in [0.15, 0.2) is 5.16 Å². The monoisotopic (exact) mass is 385 g/mol. The summed E-state index contributed by atoms with van der Waals surface area (Å²) >= 11 is 1.39. The lowest BCUT2D eigenvalue weighted by Crippen LogP contribution is -2.36. The number of rotatable bonds is 7. The highest BCUT2D eigenvalue weighted by Gasteiger charge is 2.31. The Kier molecular flexibility index (Phi) is 5.15. The van der Waals surface area contributed by atoms with E-state index in [-0.39, 0.29) is 18.2 Å². The van der Waals surface area contributed by atoms with Gasteiger partial charge in [-0.05, 0) is 37.3 Å². The van der Waals surface area contributed by atoms with Crippen molar-refractivity contribution in [2.75, 3.05) is 17.2 Å². The van der Waals surface area contributed by atoms with Gasteiger partial charge in [0.2, 0.25) is 11.8 Å². The van der Waals surface area contributed by atoms with Crippen LogP contribution in [0.1, 0.15) is 43.0 Å². The smallest absolute Gasteiger partial charge is 0.237 e. The van der Waals surface area contributed by atoms with Crippen LogP contribution in [0, 0.1) is 0 Å². The third kappa shape index (κ3) is 4.00. The predicted octanol–water partition coefficient (Wildman–Crippen LogP) is 2.10. The number of amides is 2. The number of benzene rings is 1. The van der Waals surface area contributed by atoms with Crippen molar-refractivity contribution in [3.05, 3.63) is 35.7 Å². The normalized spacial score (nSPS) is 16.2. The van der Waals surface area contributed by atoms with Crippen LogP contribution < -0.4 is 10.6 Å². The minimum atomic E-state index is -0.345. The molecule has 0 radical (unpaired) electrons. The SMILES string of the molecule is NC(=O)CCn1c(SCC(=O)N2CCCc3ccccc32)nnc1C1CC1. The minimum Gasteiger partial charge on any atom is -0.370 e. The van der Waals surface area contributed by atoms with Crippen molar-refractivity contribution in [3.63, 3.8) is 0 Å². The average Bonchev–Trinajstić information content (AvgIpc) is 3.44. The van der Waals surface area contributed by atoms with Gasteiger partial charge in [0, 0.05) is 31.1 Å². The summed E-state index contributed by atoms with van der Waals surface area (Å²) in [5, 5.41) is 9.26. The Labute approximate surface area is 162 Å². The molecule has 27 heavy (non-hydrogen) atoms. The lowest BCUT2D eigenvalue weighted by atomic mass is 10.0. The topological polar surface area (TPSA) is 94.1 Å². The van der Waals surface area contributed by atoms with E-state index < -0.39 is 0 Å². The first-order valence-corrected chi connectivity index (χ1v) is 10.3. The summed E-state index contributed by atoms with van der Waals surface area (Å²) in [6.45, 7) is 1.22. The molecule has 2 amide bonds. The minimum absolute atomic E-state index is 0.0737. The van der Waals surface area contributed by atoms with Crippen LogP contribution in [0.25, 0.3) is 0 Å². The zero-order chi connectivity index (χ0) is 18.8. The fourth-order valence-corrected chi connectivity index (χ4v) is 4.33. The first-order valence-electron chi connectivity index (χ1n) is 9.36. The molecule has 0 bridgehead atoms. The number of thioether (sulfide) groups is 1. The molecular weight excluding hydrogens is 362 g/mol.